The summed E-state index contributed by atoms with van der Waals surface area (Å²) in [5.74, 6) is -0.335. The molecule has 0 aliphatic heterocycles. The van der Waals surface area contributed by atoms with Gasteiger partial charge in [0, 0.05) is 28.1 Å². The summed E-state index contributed by atoms with van der Waals surface area (Å²) >= 11 is 1.60. The summed E-state index contributed by atoms with van der Waals surface area (Å²) in [7, 11) is 0. The SMILES string of the molecule is CC(C)(C)NSc1ccc(NC(=O)CCc2ccccc2)cc1.NC(=O)c1ccccc1. The molecule has 3 rings (SSSR count). The maximum absolute atomic E-state index is 12.0. The van der Waals surface area contributed by atoms with Gasteiger partial charge in [0.2, 0.25) is 11.8 Å². The quantitative estimate of drug-likeness (QED) is 0.420. The Hall–Kier alpha value is -3.09. The first-order valence-electron chi connectivity index (χ1n) is 10.5. The molecule has 32 heavy (non-hydrogen) atoms. The highest BCUT2D eigenvalue weighted by molar-refractivity contribution is 7.97. The summed E-state index contributed by atoms with van der Waals surface area (Å²) in [5.41, 5.74) is 7.61. The zero-order valence-electron chi connectivity index (χ0n) is 18.8. The van der Waals surface area contributed by atoms with Crippen LogP contribution in [0.2, 0.25) is 0 Å². The number of rotatable bonds is 7. The molecule has 0 aliphatic carbocycles. The van der Waals surface area contributed by atoms with E-state index in [0.29, 0.717) is 12.0 Å². The van der Waals surface area contributed by atoms with Gasteiger partial charge in [-0.2, -0.15) is 0 Å². The molecule has 0 unspecified atom stereocenters. The zero-order chi connectivity index (χ0) is 23.4. The van der Waals surface area contributed by atoms with Crippen molar-refractivity contribution < 1.29 is 9.59 Å². The molecule has 0 fully saturated rings. The second-order valence-electron chi connectivity index (χ2n) is 8.24. The first kappa shape index (κ1) is 25.2. The molecule has 3 aromatic carbocycles. The van der Waals surface area contributed by atoms with Crippen LogP contribution < -0.4 is 15.8 Å². The fourth-order valence-corrected chi connectivity index (χ4v) is 3.24. The van der Waals surface area contributed by atoms with Crippen LogP contribution in [0.1, 0.15) is 43.1 Å². The smallest absolute Gasteiger partial charge is 0.248 e. The molecule has 3 aromatic rings. The monoisotopic (exact) mass is 449 g/mol. The molecule has 168 valence electrons. The van der Waals surface area contributed by atoms with Crippen molar-refractivity contribution in [2.45, 2.75) is 44.0 Å². The molecule has 0 radical (unpaired) electrons. The average Bonchev–Trinajstić information content (AvgIpc) is 2.78. The van der Waals surface area contributed by atoms with Gasteiger partial charge in [0.1, 0.15) is 0 Å². The predicted octanol–water partition coefficient (Wildman–Crippen LogP) is 5.44. The van der Waals surface area contributed by atoms with Crippen LogP contribution in [0.3, 0.4) is 0 Å². The molecule has 0 spiro atoms. The third-order valence-electron chi connectivity index (χ3n) is 4.16. The lowest BCUT2D eigenvalue weighted by atomic mass is 10.1. The number of carbonyl (C=O) groups excluding carboxylic acids is 2. The van der Waals surface area contributed by atoms with E-state index < -0.39 is 0 Å². The van der Waals surface area contributed by atoms with Crippen LogP contribution in [0.4, 0.5) is 5.69 Å². The lowest BCUT2D eigenvalue weighted by molar-refractivity contribution is -0.116. The third kappa shape index (κ3) is 10.3. The minimum absolute atomic E-state index is 0.0436. The fraction of sp³-hybridized carbons (Fsp3) is 0.231. The summed E-state index contributed by atoms with van der Waals surface area (Å²) in [4.78, 5) is 23.5. The van der Waals surface area contributed by atoms with E-state index in [1.54, 1.807) is 36.2 Å². The van der Waals surface area contributed by atoms with Gasteiger partial charge in [-0.25, -0.2) is 0 Å². The van der Waals surface area contributed by atoms with Gasteiger partial charge in [-0.3, -0.25) is 14.3 Å². The van der Waals surface area contributed by atoms with Crippen LogP contribution in [0, 0.1) is 0 Å². The topological polar surface area (TPSA) is 84.2 Å². The lowest BCUT2D eigenvalue weighted by Gasteiger charge is -2.19. The van der Waals surface area contributed by atoms with Gasteiger partial charge in [0.05, 0.1) is 0 Å². The highest BCUT2D eigenvalue weighted by atomic mass is 32.2. The molecule has 0 saturated carbocycles. The molecule has 6 heteroatoms. The Kier molecular flexibility index (Phi) is 9.98. The third-order valence-corrected chi connectivity index (χ3v) is 5.38. The van der Waals surface area contributed by atoms with Crippen molar-refractivity contribution in [2.75, 3.05) is 5.32 Å². The molecule has 0 aromatic heterocycles. The van der Waals surface area contributed by atoms with E-state index in [0.717, 1.165) is 17.0 Å². The molecule has 5 nitrogen and oxygen atoms in total. The van der Waals surface area contributed by atoms with Crippen LogP contribution in [-0.2, 0) is 11.2 Å². The molecule has 0 atom stereocenters. The van der Waals surface area contributed by atoms with Gasteiger partial charge in [-0.05, 0) is 81.1 Å². The van der Waals surface area contributed by atoms with Crippen molar-refractivity contribution in [1.82, 2.24) is 4.72 Å². The summed E-state index contributed by atoms with van der Waals surface area (Å²) < 4.78 is 3.37. The Morgan fingerprint density at radius 1 is 0.844 bits per heavy atom. The molecule has 0 saturated heterocycles. The number of hydrogen-bond donors (Lipinski definition) is 3. The Labute approximate surface area is 194 Å². The van der Waals surface area contributed by atoms with Crippen molar-refractivity contribution in [3.05, 3.63) is 96.1 Å². The lowest BCUT2D eigenvalue weighted by Crippen LogP contribution is -2.29. The van der Waals surface area contributed by atoms with Crippen LogP contribution in [0.5, 0.6) is 0 Å². The number of carbonyl (C=O) groups is 2. The second kappa shape index (κ2) is 12.7. The molecule has 4 N–H and O–H groups in total. The molecular formula is C26H31N3O2S. The Bertz CT molecular complexity index is 969. The van der Waals surface area contributed by atoms with Gasteiger partial charge < -0.3 is 11.1 Å². The number of hydrogen-bond acceptors (Lipinski definition) is 4. The van der Waals surface area contributed by atoms with Crippen molar-refractivity contribution >= 4 is 29.4 Å². The van der Waals surface area contributed by atoms with Crippen molar-refractivity contribution in [2.24, 2.45) is 5.73 Å². The standard InChI is InChI=1S/C19H24N2OS.C7H7NO/c1-19(2,3)21-23-17-12-10-16(11-13-17)20-18(22)14-9-15-7-5-4-6-8-15;8-7(9)6-4-2-1-3-5-6/h4-8,10-13,21H,9,14H2,1-3H3,(H,20,22);1-5H,(H2,8,9). The van der Waals surface area contributed by atoms with E-state index in [4.69, 9.17) is 5.73 Å². The first-order valence-corrected chi connectivity index (χ1v) is 11.3. The maximum Gasteiger partial charge on any atom is 0.248 e. The van der Waals surface area contributed by atoms with E-state index in [1.165, 1.54) is 5.56 Å². The molecule has 0 bridgehead atoms. The maximum atomic E-state index is 12.0. The van der Waals surface area contributed by atoms with Crippen LogP contribution >= 0.6 is 11.9 Å². The normalized spacial score (nSPS) is 10.6. The fourth-order valence-electron chi connectivity index (χ4n) is 2.55. The Morgan fingerprint density at radius 2 is 1.41 bits per heavy atom. The number of primary amides is 1. The van der Waals surface area contributed by atoms with E-state index in [9.17, 15) is 9.59 Å². The second-order valence-corrected chi connectivity index (χ2v) is 9.12. The average molecular weight is 450 g/mol. The largest absolute Gasteiger partial charge is 0.366 e. The van der Waals surface area contributed by atoms with Crippen LogP contribution in [0.15, 0.2) is 89.8 Å². The first-order chi connectivity index (χ1) is 15.2. The van der Waals surface area contributed by atoms with Crippen molar-refractivity contribution in [3.8, 4) is 0 Å². The number of amides is 2. The number of benzene rings is 3. The zero-order valence-corrected chi connectivity index (χ0v) is 19.6. The molecule has 2 amide bonds. The summed E-state index contributed by atoms with van der Waals surface area (Å²) in [6, 6.07) is 26.7. The van der Waals surface area contributed by atoms with E-state index in [-0.39, 0.29) is 17.4 Å². The number of nitrogens with one attached hydrogen (secondary N) is 2. The summed E-state index contributed by atoms with van der Waals surface area (Å²) in [5, 5.41) is 2.94. The molecule has 0 heterocycles. The minimum atomic E-state index is -0.379. The Balaban J connectivity index is 0.000000336. The number of nitrogens with two attached hydrogens (primary N) is 1. The summed E-state index contributed by atoms with van der Waals surface area (Å²) in [6.07, 6.45) is 1.25. The highest BCUT2D eigenvalue weighted by Crippen LogP contribution is 2.20. The van der Waals surface area contributed by atoms with Gasteiger partial charge in [-0.15, -0.1) is 0 Å². The van der Waals surface area contributed by atoms with Crippen molar-refractivity contribution in [3.63, 3.8) is 0 Å². The summed E-state index contributed by atoms with van der Waals surface area (Å²) in [6.45, 7) is 6.38. The van der Waals surface area contributed by atoms with E-state index in [2.05, 4.69) is 30.8 Å². The number of aryl methyl sites for hydroxylation is 1. The van der Waals surface area contributed by atoms with Gasteiger partial charge in [0.15, 0.2) is 0 Å². The minimum Gasteiger partial charge on any atom is -0.366 e. The van der Waals surface area contributed by atoms with E-state index in [1.807, 2.05) is 60.7 Å². The Morgan fingerprint density at radius 3 is 1.91 bits per heavy atom. The van der Waals surface area contributed by atoms with Crippen LogP contribution in [-0.4, -0.2) is 17.4 Å². The van der Waals surface area contributed by atoms with Gasteiger partial charge >= 0.3 is 0 Å². The van der Waals surface area contributed by atoms with Gasteiger partial charge in [-0.1, -0.05) is 48.5 Å². The predicted molar refractivity (Wildman–Crippen MR) is 134 cm³/mol. The van der Waals surface area contributed by atoms with E-state index >= 15 is 0 Å². The molecular weight excluding hydrogens is 418 g/mol. The number of anilines is 1. The molecule has 0 aliphatic rings. The van der Waals surface area contributed by atoms with Crippen molar-refractivity contribution in [1.29, 1.82) is 0 Å². The highest BCUT2D eigenvalue weighted by Gasteiger charge is 2.09. The van der Waals surface area contributed by atoms with Gasteiger partial charge in [0.25, 0.3) is 0 Å². The van der Waals surface area contributed by atoms with Crippen LogP contribution in [0.25, 0.3) is 0 Å².